The van der Waals surface area contributed by atoms with Crippen molar-refractivity contribution in [2.75, 3.05) is 26.2 Å². The molecule has 0 unspecified atom stereocenters. The summed E-state index contributed by atoms with van der Waals surface area (Å²) in [6.07, 6.45) is 0.474. The number of rotatable bonds is 6. The zero-order valence-corrected chi connectivity index (χ0v) is 15.0. The van der Waals surface area contributed by atoms with Crippen LogP contribution in [0.1, 0.15) is 34.8 Å². The number of carbonyl (C=O) groups excluding carboxylic acids is 1. The van der Waals surface area contributed by atoms with E-state index in [2.05, 4.69) is 10.2 Å². The first-order valence-electron chi connectivity index (χ1n) is 8.99. The predicted molar refractivity (Wildman–Crippen MR) is 100 cm³/mol. The van der Waals surface area contributed by atoms with Gasteiger partial charge in [0.1, 0.15) is 11.5 Å². The highest BCUT2D eigenvalue weighted by atomic mass is 16.5. The van der Waals surface area contributed by atoms with Crippen LogP contribution in [0, 0.1) is 6.92 Å². The minimum atomic E-state index is 0.107. The number of Topliss-reactive ketones (excluding diaryl/α,β-unsaturated/α-hetero) is 1. The molecule has 132 valence electrons. The molecule has 0 aromatic heterocycles. The van der Waals surface area contributed by atoms with Crippen molar-refractivity contribution in [2.45, 2.75) is 26.8 Å². The van der Waals surface area contributed by atoms with E-state index < -0.39 is 0 Å². The van der Waals surface area contributed by atoms with E-state index in [1.54, 1.807) is 0 Å². The average Bonchev–Trinajstić information content (AvgIpc) is 2.64. The van der Waals surface area contributed by atoms with E-state index in [0.717, 1.165) is 38.5 Å². The van der Waals surface area contributed by atoms with Gasteiger partial charge in [-0.1, -0.05) is 30.7 Å². The second-order valence-electron chi connectivity index (χ2n) is 6.55. The number of ketones is 1. The number of nitrogens with one attached hydrogen (secondary N) is 1. The molecule has 0 amide bonds. The fraction of sp³-hybridized carbons (Fsp3) is 0.381. The van der Waals surface area contributed by atoms with Gasteiger partial charge >= 0.3 is 0 Å². The van der Waals surface area contributed by atoms with Gasteiger partial charge in [0, 0.05) is 39.1 Å². The smallest absolute Gasteiger partial charge is 0.166 e. The van der Waals surface area contributed by atoms with Crippen LogP contribution >= 0.6 is 0 Å². The molecule has 4 nitrogen and oxygen atoms in total. The monoisotopic (exact) mass is 338 g/mol. The van der Waals surface area contributed by atoms with Gasteiger partial charge in [0.2, 0.25) is 0 Å². The van der Waals surface area contributed by atoms with E-state index in [0.29, 0.717) is 17.7 Å². The number of ether oxygens (including phenoxy) is 1. The van der Waals surface area contributed by atoms with Gasteiger partial charge in [-0.2, -0.15) is 0 Å². The van der Waals surface area contributed by atoms with E-state index in [1.165, 1.54) is 11.1 Å². The average molecular weight is 338 g/mol. The van der Waals surface area contributed by atoms with Crippen LogP contribution in [0.25, 0.3) is 0 Å². The lowest BCUT2D eigenvalue weighted by molar-refractivity contribution is 0.0986. The van der Waals surface area contributed by atoms with Crippen LogP contribution in [0.4, 0.5) is 0 Å². The van der Waals surface area contributed by atoms with Crippen molar-refractivity contribution < 1.29 is 9.53 Å². The molecule has 1 fully saturated rings. The maximum atomic E-state index is 12.3. The zero-order chi connectivity index (χ0) is 17.6. The first-order chi connectivity index (χ1) is 12.2. The maximum absolute atomic E-state index is 12.3. The fourth-order valence-corrected chi connectivity index (χ4v) is 3.03. The fourth-order valence-electron chi connectivity index (χ4n) is 3.03. The molecular formula is C21H26N2O2. The summed E-state index contributed by atoms with van der Waals surface area (Å²) in [6, 6.07) is 13.9. The molecule has 4 heteroatoms. The summed E-state index contributed by atoms with van der Waals surface area (Å²) in [7, 11) is 0. The van der Waals surface area contributed by atoms with Gasteiger partial charge in [-0.3, -0.25) is 9.69 Å². The number of carbonyl (C=O) groups is 1. The lowest BCUT2D eigenvalue weighted by Crippen LogP contribution is -2.42. The topological polar surface area (TPSA) is 41.6 Å². The van der Waals surface area contributed by atoms with Crippen LogP contribution in [0.15, 0.2) is 42.5 Å². The zero-order valence-electron chi connectivity index (χ0n) is 15.0. The standard InChI is InChI=1S/C21H26N2O2/c1-3-20(24)19-9-6-17(15-23-12-10-22-11-13-23)14-21(19)25-18-7-4-16(2)5-8-18/h4-9,14,22H,3,10-13,15H2,1-2H3. The van der Waals surface area contributed by atoms with Crippen molar-refractivity contribution in [3.63, 3.8) is 0 Å². The molecule has 1 aliphatic rings. The summed E-state index contributed by atoms with van der Waals surface area (Å²) in [6.45, 7) is 8.95. The van der Waals surface area contributed by atoms with Crippen LogP contribution in [-0.4, -0.2) is 36.9 Å². The predicted octanol–water partition coefficient (Wildman–Crippen LogP) is 3.79. The lowest BCUT2D eigenvalue weighted by atomic mass is 10.0. The molecule has 0 spiro atoms. The van der Waals surface area contributed by atoms with Crippen molar-refractivity contribution in [1.82, 2.24) is 10.2 Å². The van der Waals surface area contributed by atoms with Crippen LogP contribution in [0.3, 0.4) is 0 Å². The molecule has 0 saturated carbocycles. The Kier molecular flexibility index (Phi) is 5.84. The number of aryl methyl sites for hydroxylation is 1. The Balaban J connectivity index is 1.84. The molecule has 1 N–H and O–H groups in total. The van der Waals surface area contributed by atoms with Crippen molar-refractivity contribution in [3.8, 4) is 11.5 Å². The molecule has 25 heavy (non-hydrogen) atoms. The van der Waals surface area contributed by atoms with Crippen LogP contribution < -0.4 is 10.1 Å². The number of hydrogen-bond acceptors (Lipinski definition) is 4. The Hall–Kier alpha value is -2.17. The molecule has 2 aromatic rings. The maximum Gasteiger partial charge on any atom is 0.166 e. The van der Waals surface area contributed by atoms with Crippen molar-refractivity contribution in [1.29, 1.82) is 0 Å². The Morgan fingerprint density at radius 3 is 2.52 bits per heavy atom. The van der Waals surface area contributed by atoms with E-state index in [4.69, 9.17) is 4.74 Å². The van der Waals surface area contributed by atoms with E-state index in [-0.39, 0.29) is 5.78 Å². The molecule has 1 heterocycles. The SMILES string of the molecule is CCC(=O)c1ccc(CN2CCNCC2)cc1Oc1ccc(C)cc1. The summed E-state index contributed by atoms with van der Waals surface area (Å²) in [5.74, 6) is 1.52. The number of hydrogen-bond donors (Lipinski definition) is 1. The van der Waals surface area contributed by atoms with Crippen molar-refractivity contribution in [3.05, 3.63) is 59.2 Å². The molecule has 0 aliphatic carbocycles. The van der Waals surface area contributed by atoms with Crippen molar-refractivity contribution in [2.24, 2.45) is 0 Å². The Labute approximate surface area is 149 Å². The molecule has 1 saturated heterocycles. The molecule has 0 atom stereocenters. The quantitative estimate of drug-likeness (QED) is 0.814. The Morgan fingerprint density at radius 2 is 1.84 bits per heavy atom. The number of nitrogens with zero attached hydrogens (tertiary/aromatic N) is 1. The van der Waals surface area contributed by atoms with E-state index >= 15 is 0 Å². The molecule has 0 radical (unpaired) electrons. The van der Waals surface area contributed by atoms with Crippen molar-refractivity contribution >= 4 is 5.78 Å². The summed E-state index contributed by atoms with van der Waals surface area (Å²) in [5.41, 5.74) is 3.02. The molecule has 2 aromatic carbocycles. The van der Waals surface area contributed by atoms with E-state index in [9.17, 15) is 4.79 Å². The minimum Gasteiger partial charge on any atom is -0.457 e. The van der Waals surface area contributed by atoms with Gasteiger partial charge in [0.05, 0.1) is 5.56 Å². The summed E-state index contributed by atoms with van der Waals surface area (Å²) >= 11 is 0. The minimum absolute atomic E-state index is 0.107. The third-order valence-corrected chi connectivity index (χ3v) is 4.53. The van der Waals surface area contributed by atoms with Crippen LogP contribution in [0.2, 0.25) is 0 Å². The molecule has 1 aliphatic heterocycles. The molecule has 3 rings (SSSR count). The first-order valence-corrected chi connectivity index (χ1v) is 8.99. The number of piperazine rings is 1. The Bertz CT molecular complexity index is 719. The van der Waals surface area contributed by atoms with Gasteiger partial charge in [-0.15, -0.1) is 0 Å². The highest BCUT2D eigenvalue weighted by Crippen LogP contribution is 2.28. The summed E-state index contributed by atoms with van der Waals surface area (Å²) < 4.78 is 6.07. The third kappa shape index (κ3) is 4.68. The largest absolute Gasteiger partial charge is 0.457 e. The summed E-state index contributed by atoms with van der Waals surface area (Å²) in [5, 5.41) is 3.37. The molecule has 0 bridgehead atoms. The normalized spacial score (nSPS) is 15.1. The third-order valence-electron chi connectivity index (χ3n) is 4.53. The van der Waals surface area contributed by atoms with Gasteiger partial charge < -0.3 is 10.1 Å². The number of benzene rings is 2. The van der Waals surface area contributed by atoms with Gasteiger partial charge in [0.25, 0.3) is 0 Å². The van der Waals surface area contributed by atoms with Gasteiger partial charge in [0.15, 0.2) is 5.78 Å². The second kappa shape index (κ2) is 8.28. The van der Waals surface area contributed by atoms with Crippen LogP contribution in [0.5, 0.6) is 11.5 Å². The highest BCUT2D eigenvalue weighted by Gasteiger charge is 2.15. The second-order valence-corrected chi connectivity index (χ2v) is 6.55. The lowest BCUT2D eigenvalue weighted by Gasteiger charge is -2.27. The summed E-state index contributed by atoms with van der Waals surface area (Å²) in [4.78, 5) is 14.7. The van der Waals surface area contributed by atoms with Gasteiger partial charge in [-0.05, 0) is 36.8 Å². The Morgan fingerprint density at radius 1 is 1.12 bits per heavy atom. The van der Waals surface area contributed by atoms with E-state index in [1.807, 2.05) is 56.3 Å². The van der Waals surface area contributed by atoms with Gasteiger partial charge in [-0.25, -0.2) is 0 Å². The first kappa shape index (κ1) is 17.6. The highest BCUT2D eigenvalue weighted by molar-refractivity contribution is 5.98. The molecular weight excluding hydrogens is 312 g/mol. The van der Waals surface area contributed by atoms with Crippen LogP contribution in [-0.2, 0) is 6.54 Å².